The van der Waals surface area contributed by atoms with Crippen molar-refractivity contribution >= 4 is 33.2 Å². The maximum Gasteiger partial charge on any atom is 0.294 e. The Morgan fingerprint density at radius 1 is 1.06 bits per heavy atom. The van der Waals surface area contributed by atoms with Gasteiger partial charge in [-0.1, -0.05) is 24.3 Å². The van der Waals surface area contributed by atoms with Crippen LogP contribution in [-0.4, -0.2) is 52.5 Å². The summed E-state index contributed by atoms with van der Waals surface area (Å²) in [6, 6.07) is 12.2. The molecular formula is C20H21N5O5S2. The Morgan fingerprint density at radius 3 is 2.44 bits per heavy atom. The van der Waals surface area contributed by atoms with Crippen LogP contribution in [0.3, 0.4) is 0 Å². The summed E-state index contributed by atoms with van der Waals surface area (Å²) in [6.07, 6.45) is 1.97. The third kappa shape index (κ3) is 4.52. The van der Waals surface area contributed by atoms with Gasteiger partial charge in [0.05, 0.1) is 11.9 Å². The zero-order chi connectivity index (χ0) is 22.7. The Hall–Kier alpha value is -3.22. The maximum atomic E-state index is 12.6. The van der Waals surface area contributed by atoms with Crippen molar-refractivity contribution in [1.82, 2.24) is 24.9 Å². The molecule has 0 aliphatic carbocycles. The van der Waals surface area contributed by atoms with E-state index in [0.717, 1.165) is 11.3 Å². The first-order valence-electron chi connectivity index (χ1n) is 9.84. The molecule has 0 saturated carbocycles. The first-order valence-corrected chi connectivity index (χ1v) is 12.2. The van der Waals surface area contributed by atoms with Gasteiger partial charge in [-0.15, -0.1) is 11.3 Å². The number of rotatable bonds is 5. The summed E-state index contributed by atoms with van der Waals surface area (Å²) in [5, 5.41) is 15.8. The number of hydrogen-bond acceptors (Lipinski definition) is 7. The lowest BCUT2D eigenvalue weighted by molar-refractivity contribution is -0.126. The quantitative estimate of drug-likeness (QED) is 0.479. The van der Waals surface area contributed by atoms with Crippen LogP contribution < -0.4 is 10.9 Å². The fraction of sp³-hybridized carbons (Fsp3) is 0.250. The summed E-state index contributed by atoms with van der Waals surface area (Å²) < 4.78 is 28.2. The molecule has 12 heteroatoms. The van der Waals surface area contributed by atoms with E-state index < -0.39 is 27.8 Å². The van der Waals surface area contributed by atoms with Gasteiger partial charge >= 0.3 is 0 Å². The average Bonchev–Trinajstić information content (AvgIpc) is 3.48. The van der Waals surface area contributed by atoms with Crippen LogP contribution in [0.4, 0.5) is 0 Å². The molecule has 32 heavy (non-hydrogen) atoms. The molecule has 1 aromatic carbocycles. The van der Waals surface area contributed by atoms with Gasteiger partial charge in [0.1, 0.15) is 4.21 Å². The molecule has 1 saturated heterocycles. The van der Waals surface area contributed by atoms with Crippen LogP contribution in [0.5, 0.6) is 5.75 Å². The first kappa shape index (κ1) is 22.0. The number of para-hydroxylation sites is 1. The third-order valence-electron chi connectivity index (χ3n) is 5.14. The lowest BCUT2D eigenvalue weighted by atomic mass is 9.98. The van der Waals surface area contributed by atoms with Gasteiger partial charge in [0.2, 0.25) is 5.91 Å². The number of thiophene rings is 1. The van der Waals surface area contributed by atoms with Crippen LogP contribution in [0.2, 0.25) is 0 Å². The summed E-state index contributed by atoms with van der Waals surface area (Å²) in [6.45, 7) is 0.434. The Bertz CT molecular complexity index is 1200. The first-order chi connectivity index (χ1) is 15.4. The number of aromatic nitrogens is 2. The highest BCUT2D eigenvalue weighted by atomic mass is 32.2. The Morgan fingerprint density at radius 2 is 1.78 bits per heavy atom. The van der Waals surface area contributed by atoms with E-state index in [1.54, 1.807) is 41.8 Å². The normalized spacial score (nSPS) is 15.4. The number of amides is 2. The number of sulfonamides is 1. The number of hydrogen-bond donors (Lipinski definition) is 3. The standard InChI is InChI=1S/C20H21N5O5S2/c26-16-13-25(15-5-2-1-3-6-15)23-18(16)20(28)22-21-19(27)14-8-10-24(11-9-14)32(29,30)17-7-4-12-31-17/h1-7,12-14,26H,8-11H2,(H,21,27)(H,22,28). The van der Waals surface area contributed by atoms with Crippen LogP contribution >= 0.6 is 11.3 Å². The van der Waals surface area contributed by atoms with Crippen molar-refractivity contribution in [3.8, 4) is 11.4 Å². The molecule has 0 radical (unpaired) electrons. The minimum atomic E-state index is -3.54. The van der Waals surface area contributed by atoms with Crippen molar-refractivity contribution in [2.75, 3.05) is 13.1 Å². The largest absolute Gasteiger partial charge is 0.504 e. The molecule has 3 N–H and O–H groups in total. The van der Waals surface area contributed by atoms with Gasteiger partial charge in [0.25, 0.3) is 15.9 Å². The Labute approximate surface area is 188 Å². The summed E-state index contributed by atoms with van der Waals surface area (Å²) in [5.41, 5.74) is 5.04. The van der Waals surface area contributed by atoms with Crippen LogP contribution in [0.15, 0.2) is 58.3 Å². The molecule has 2 aromatic heterocycles. The molecule has 0 spiro atoms. The Balaban J connectivity index is 1.31. The molecule has 0 atom stereocenters. The van der Waals surface area contributed by atoms with E-state index >= 15 is 0 Å². The van der Waals surface area contributed by atoms with Gasteiger partial charge in [0.15, 0.2) is 11.4 Å². The molecule has 4 rings (SSSR count). The van der Waals surface area contributed by atoms with E-state index in [1.807, 2.05) is 6.07 Å². The van der Waals surface area contributed by atoms with E-state index in [9.17, 15) is 23.1 Å². The second kappa shape index (κ2) is 9.10. The van der Waals surface area contributed by atoms with Crippen molar-refractivity contribution < 1.29 is 23.1 Å². The van der Waals surface area contributed by atoms with E-state index in [4.69, 9.17) is 0 Å². The molecule has 168 valence electrons. The molecule has 1 aliphatic heterocycles. The average molecular weight is 476 g/mol. The predicted molar refractivity (Wildman–Crippen MR) is 117 cm³/mol. The highest BCUT2D eigenvalue weighted by Crippen LogP contribution is 2.26. The van der Waals surface area contributed by atoms with Crippen molar-refractivity contribution in [3.63, 3.8) is 0 Å². The van der Waals surface area contributed by atoms with E-state index in [2.05, 4.69) is 16.0 Å². The van der Waals surface area contributed by atoms with E-state index in [0.29, 0.717) is 18.5 Å². The summed E-state index contributed by atoms with van der Waals surface area (Å²) in [4.78, 5) is 24.8. The molecule has 0 bridgehead atoms. The van der Waals surface area contributed by atoms with Gasteiger partial charge in [-0.25, -0.2) is 13.1 Å². The fourth-order valence-electron chi connectivity index (χ4n) is 3.42. The van der Waals surface area contributed by atoms with Crippen molar-refractivity contribution in [2.45, 2.75) is 17.1 Å². The third-order valence-corrected chi connectivity index (χ3v) is 8.42. The van der Waals surface area contributed by atoms with Crippen molar-refractivity contribution in [2.24, 2.45) is 5.92 Å². The number of nitrogens with zero attached hydrogens (tertiary/aromatic N) is 3. The number of carbonyl (C=O) groups is 2. The second-order valence-corrected chi connectivity index (χ2v) is 10.3. The van der Waals surface area contributed by atoms with Crippen LogP contribution in [0.1, 0.15) is 23.3 Å². The van der Waals surface area contributed by atoms with Crippen molar-refractivity contribution in [1.29, 1.82) is 0 Å². The lowest BCUT2D eigenvalue weighted by Crippen LogP contribution is -2.48. The summed E-state index contributed by atoms with van der Waals surface area (Å²) in [5.74, 6) is -1.95. The highest BCUT2D eigenvalue weighted by molar-refractivity contribution is 7.91. The zero-order valence-corrected chi connectivity index (χ0v) is 18.5. The van der Waals surface area contributed by atoms with E-state index in [-0.39, 0.29) is 28.7 Å². The number of benzene rings is 1. The Kier molecular flexibility index (Phi) is 6.26. The molecule has 10 nitrogen and oxygen atoms in total. The maximum absolute atomic E-state index is 12.6. The molecule has 3 heterocycles. The highest BCUT2D eigenvalue weighted by Gasteiger charge is 2.32. The molecule has 0 unspecified atom stereocenters. The minimum absolute atomic E-state index is 0.217. The number of carbonyl (C=O) groups excluding carboxylic acids is 2. The molecular weight excluding hydrogens is 454 g/mol. The molecule has 2 amide bonds. The second-order valence-electron chi connectivity index (χ2n) is 7.20. The summed E-state index contributed by atoms with van der Waals surface area (Å²) >= 11 is 1.16. The van der Waals surface area contributed by atoms with Gasteiger partial charge < -0.3 is 5.11 Å². The summed E-state index contributed by atoms with van der Waals surface area (Å²) in [7, 11) is -3.54. The number of nitrogens with one attached hydrogen (secondary N) is 2. The number of piperidine rings is 1. The van der Waals surface area contributed by atoms with Gasteiger partial charge in [0, 0.05) is 19.0 Å². The fourth-order valence-corrected chi connectivity index (χ4v) is 6.03. The minimum Gasteiger partial charge on any atom is -0.504 e. The molecule has 3 aromatic rings. The van der Waals surface area contributed by atoms with Gasteiger partial charge in [-0.3, -0.25) is 20.4 Å². The van der Waals surface area contributed by atoms with Crippen LogP contribution in [0, 0.1) is 5.92 Å². The number of aromatic hydroxyl groups is 1. The monoisotopic (exact) mass is 475 g/mol. The molecule has 1 fully saturated rings. The van der Waals surface area contributed by atoms with Gasteiger partial charge in [-0.2, -0.15) is 9.40 Å². The van der Waals surface area contributed by atoms with Crippen LogP contribution in [-0.2, 0) is 14.8 Å². The zero-order valence-electron chi connectivity index (χ0n) is 16.8. The van der Waals surface area contributed by atoms with Crippen molar-refractivity contribution in [3.05, 3.63) is 59.7 Å². The number of hydrazine groups is 1. The SMILES string of the molecule is O=C(NNC(=O)C1CCN(S(=O)(=O)c2cccs2)CC1)c1nn(-c2ccccc2)cc1O. The topological polar surface area (TPSA) is 134 Å². The lowest BCUT2D eigenvalue weighted by Gasteiger charge is -2.30. The predicted octanol–water partition coefficient (Wildman–Crippen LogP) is 1.50. The van der Waals surface area contributed by atoms with Gasteiger partial charge in [-0.05, 0) is 36.4 Å². The molecule has 1 aliphatic rings. The van der Waals surface area contributed by atoms with E-state index in [1.165, 1.54) is 15.2 Å². The smallest absolute Gasteiger partial charge is 0.294 e. The van der Waals surface area contributed by atoms with Crippen LogP contribution in [0.25, 0.3) is 5.69 Å².